The first kappa shape index (κ1) is 19.8. The molecule has 0 amide bonds. The first-order chi connectivity index (χ1) is 11.2. The zero-order chi connectivity index (χ0) is 16.9. The highest BCUT2D eigenvalue weighted by Gasteiger charge is 2.43. The van der Waals surface area contributed by atoms with Crippen LogP contribution in [-0.2, 0) is 14.3 Å². The van der Waals surface area contributed by atoms with E-state index in [4.69, 9.17) is 10.2 Å². The van der Waals surface area contributed by atoms with E-state index < -0.39 is 0 Å². The van der Waals surface area contributed by atoms with Crippen LogP contribution in [0.5, 0.6) is 0 Å². The maximum absolute atomic E-state index is 10.9. The molecule has 5 heteroatoms. The molecule has 0 aromatic carbocycles. The number of ether oxygens (including phenoxy) is 1. The van der Waals surface area contributed by atoms with Crippen LogP contribution in [0.25, 0.3) is 0 Å². The highest BCUT2D eigenvalue weighted by molar-refractivity contribution is 5.96. The van der Waals surface area contributed by atoms with Crippen LogP contribution < -0.4 is 0 Å². The van der Waals surface area contributed by atoms with Gasteiger partial charge < -0.3 is 14.9 Å². The van der Waals surface area contributed by atoms with Crippen molar-refractivity contribution in [2.75, 3.05) is 13.2 Å². The lowest BCUT2D eigenvalue weighted by atomic mass is 9.85. The van der Waals surface area contributed by atoms with Crippen LogP contribution in [0.2, 0.25) is 0 Å². The predicted molar refractivity (Wildman–Crippen MR) is 87.6 cm³/mol. The second-order valence-electron chi connectivity index (χ2n) is 6.17. The van der Waals surface area contributed by atoms with Crippen molar-refractivity contribution in [3.63, 3.8) is 0 Å². The summed E-state index contributed by atoms with van der Waals surface area (Å²) in [5.74, 6) is -1.06. The first-order valence-corrected chi connectivity index (χ1v) is 8.83. The minimum atomic E-state index is -0.343. The number of unbranched alkanes of at least 4 members (excludes halogenated alkanes) is 7. The number of esters is 2. The Balaban J connectivity index is 0.000000230. The van der Waals surface area contributed by atoms with E-state index in [2.05, 4.69) is 4.74 Å². The van der Waals surface area contributed by atoms with Crippen molar-refractivity contribution in [1.29, 1.82) is 0 Å². The van der Waals surface area contributed by atoms with Gasteiger partial charge in [0, 0.05) is 13.2 Å². The van der Waals surface area contributed by atoms with Gasteiger partial charge in [-0.05, 0) is 25.7 Å². The highest BCUT2D eigenvalue weighted by Crippen LogP contribution is 2.32. The lowest BCUT2D eigenvalue weighted by molar-refractivity contribution is -0.153. The highest BCUT2D eigenvalue weighted by atomic mass is 16.6. The third kappa shape index (κ3) is 7.75. The van der Waals surface area contributed by atoms with E-state index in [0.29, 0.717) is 26.1 Å². The summed E-state index contributed by atoms with van der Waals surface area (Å²) >= 11 is 0. The quantitative estimate of drug-likeness (QED) is 0.294. The molecule has 0 aromatic rings. The zero-order valence-corrected chi connectivity index (χ0v) is 13.9. The Hall–Kier alpha value is -1.20. The maximum atomic E-state index is 10.9. The Bertz CT molecular complexity index is 344. The molecular formula is C18H30O5. The van der Waals surface area contributed by atoms with Crippen LogP contribution in [0.15, 0.2) is 12.2 Å². The summed E-state index contributed by atoms with van der Waals surface area (Å²) in [6.07, 6.45) is 14.5. The van der Waals surface area contributed by atoms with Crippen LogP contribution in [-0.4, -0.2) is 35.4 Å². The summed E-state index contributed by atoms with van der Waals surface area (Å²) in [6.45, 7) is 0.676. The molecular weight excluding hydrogens is 296 g/mol. The molecule has 1 aliphatic heterocycles. The number of aliphatic hydroxyl groups is 2. The summed E-state index contributed by atoms with van der Waals surface area (Å²) < 4.78 is 4.49. The smallest absolute Gasteiger partial charge is 0.317 e. The van der Waals surface area contributed by atoms with Crippen molar-refractivity contribution in [1.82, 2.24) is 0 Å². The number of carbonyl (C=O) groups is 2. The number of hydrogen-bond donors (Lipinski definition) is 2. The Morgan fingerprint density at radius 2 is 1.09 bits per heavy atom. The van der Waals surface area contributed by atoms with Crippen LogP contribution >= 0.6 is 0 Å². The fourth-order valence-corrected chi connectivity index (χ4v) is 2.87. The van der Waals surface area contributed by atoms with Crippen LogP contribution in [0.1, 0.15) is 64.2 Å². The molecule has 0 spiro atoms. The number of fused-ring (bicyclic) bond motifs is 1. The van der Waals surface area contributed by atoms with E-state index in [9.17, 15) is 9.59 Å². The Labute approximate surface area is 138 Å². The lowest BCUT2D eigenvalue weighted by Crippen LogP contribution is -2.18. The van der Waals surface area contributed by atoms with Gasteiger partial charge >= 0.3 is 11.9 Å². The average molecular weight is 326 g/mol. The molecule has 132 valence electrons. The minimum Gasteiger partial charge on any atom is -0.396 e. The van der Waals surface area contributed by atoms with Crippen molar-refractivity contribution >= 4 is 11.9 Å². The molecule has 2 atom stereocenters. The maximum Gasteiger partial charge on any atom is 0.317 e. The number of cyclic esters (lactones) is 2. The zero-order valence-electron chi connectivity index (χ0n) is 13.9. The van der Waals surface area contributed by atoms with Gasteiger partial charge in [0.1, 0.15) is 0 Å². The monoisotopic (exact) mass is 326 g/mol. The number of hydrogen-bond acceptors (Lipinski definition) is 5. The summed E-state index contributed by atoms with van der Waals surface area (Å²) in [5.41, 5.74) is 0. The first-order valence-electron chi connectivity index (χ1n) is 8.83. The van der Waals surface area contributed by atoms with Gasteiger partial charge in [-0.15, -0.1) is 0 Å². The van der Waals surface area contributed by atoms with Crippen molar-refractivity contribution in [3.8, 4) is 0 Å². The second-order valence-corrected chi connectivity index (χ2v) is 6.17. The second kappa shape index (κ2) is 12.3. The molecule has 2 rings (SSSR count). The van der Waals surface area contributed by atoms with E-state index in [-0.39, 0.29) is 23.8 Å². The largest absolute Gasteiger partial charge is 0.396 e. The van der Waals surface area contributed by atoms with Gasteiger partial charge in [-0.1, -0.05) is 50.7 Å². The van der Waals surface area contributed by atoms with E-state index in [1.54, 1.807) is 0 Å². The SMILES string of the molecule is O=C1OC(=O)[C@@H]2CC=CC[C@H]12.OCCCCCCCCCCO. The fraction of sp³-hybridized carbons (Fsp3) is 0.778. The third-order valence-electron chi connectivity index (χ3n) is 4.31. The Kier molecular flexibility index (Phi) is 10.6. The van der Waals surface area contributed by atoms with Crippen LogP contribution in [0.4, 0.5) is 0 Å². The third-order valence-corrected chi connectivity index (χ3v) is 4.31. The van der Waals surface area contributed by atoms with Gasteiger partial charge in [0.25, 0.3) is 0 Å². The molecule has 0 bridgehead atoms. The molecule has 1 saturated heterocycles. The normalized spacial score (nSPS) is 22.3. The number of carbonyl (C=O) groups excluding carboxylic acids is 2. The van der Waals surface area contributed by atoms with Gasteiger partial charge in [0.05, 0.1) is 11.8 Å². The van der Waals surface area contributed by atoms with Crippen LogP contribution in [0, 0.1) is 11.8 Å². The number of allylic oxidation sites excluding steroid dienone is 2. The van der Waals surface area contributed by atoms with E-state index in [1.165, 1.54) is 25.7 Å². The van der Waals surface area contributed by atoms with Gasteiger partial charge in [0.15, 0.2) is 0 Å². The summed E-state index contributed by atoms with van der Waals surface area (Å²) in [5, 5.41) is 17.0. The van der Waals surface area contributed by atoms with E-state index in [1.807, 2.05) is 12.2 Å². The molecule has 1 aliphatic carbocycles. The van der Waals surface area contributed by atoms with Gasteiger partial charge in [-0.2, -0.15) is 0 Å². The van der Waals surface area contributed by atoms with Gasteiger partial charge in [0.2, 0.25) is 0 Å². The van der Waals surface area contributed by atoms with E-state index in [0.717, 1.165) is 25.7 Å². The van der Waals surface area contributed by atoms with Crippen molar-refractivity contribution in [2.45, 2.75) is 64.2 Å². The minimum absolute atomic E-state index is 0.188. The molecule has 0 aromatic heterocycles. The molecule has 1 fully saturated rings. The predicted octanol–water partition coefficient (Wildman–Crippen LogP) is 2.74. The van der Waals surface area contributed by atoms with E-state index >= 15 is 0 Å². The topological polar surface area (TPSA) is 83.8 Å². The molecule has 2 aliphatic rings. The summed E-state index contributed by atoms with van der Waals surface area (Å²) in [4.78, 5) is 21.9. The fourth-order valence-electron chi connectivity index (χ4n) is 2.87. The van der Waals surface area contributed by atoms with Gasteiger partial charge in [-0.25, -0.2) is 0 Å². The lowest BCUT2D eigenvalue weighted by Gasteiger charge is -2.12. The molecule has 5 nitrogen and oxygen atoms in total. The number of rotatable bonds is 9. The van der Waals surface area contributed by atoms with Crippen molar-refractivity contribution < 1.29 is 24.5 Å². The van der Waals surface area contributed by atoms with Crippen molar-refractivity contribution in [3.05, 3.63) is 12.2 Å². The van der Waals surface area contributed by atoms with Crippen LogP contribution in [0.3, 0.4) is 0 Å². The molecule has 1 heterocycles. The summed E-state index contributed by atoms with van der Waals surface area (Å²) in [7, 11) is 0. The Morgan fingerprint density at radius 3 is 1.43 bits per heavy atom. The summed E-state index contributed by atoms with van der Waals surface area (Å²) in [6, 6.07) is 0. The standard InChI is InChI=1S/C10H22O2.C8H8O3/c11-9-7-5-3-1-2-4-6-8-10-12;9-7-5-3-1-2-4-6(5)8(10)11-7/h11-12H,1-10H2;1-2,5-6H,3-4H2/t;5-,6+. The molecule has 0 unspecified atom stereocenters. The van der Waals surface area contributed by atoms with Gasteiger partial charge in [-0.3, -0.25) is 9.59 Å². The average Bonchev–Trinajstić information content (AvgIpc) is 2.86. The molecule has 0 saturated carbocycles. The van der Waals surface area contributed by atoms with Crippen molar-refractivity contribution in [2.24, 2.45) is 11.8 Å². The number of aliphatic hydroxyl groups excluding tert-OH is 2. The molecule has 23 heavy (non-hydrogen) atoms. The molecule has 0 radical (unpaired) electrons. The Morgan fingerprint density at radius 1 is 0.739 bits per heavy atom. The molecule has 2 N–H and O–H groups in total.